The van der Waals surface area contributed by atoms with Crippen LogP contribution < -0.4 is 44.6 Å². The molecular weight excluding hydrogens is 2010 g/mol. The Bertz CT molecular complexity index is 6790. The van der Waals surface area contributed by atoms with Gasteiger partial charge in [0.15, 0.2) is 6.29 Å². The molecule has 47 heteroatoms. The maximum absolute atomic E-state index is 14.3. The lowest BCUT2D eigenvalue weighted by Gasteiger charge is -2.24. The number of rotatable bonds is 13. The zero-order valence-corrected chi connectivity index (χ0v) is 83.0. The molecular formula is C97H102Cl5F8N20O13P. The topological polar surface area (TPSA) is 491 Å². The van der Waals surface area contributed by atoms with Gasteiger partial charge in [-0.15, -0.1) is 12.4 Å². The Kier molecular flexibility index (Phi) is 45.1. The van der Waals surface area contributed by atoms with Gasteiger partial charge in [-0.1, -0.05) is 13.2 Å². The normalized spacial score (nSPS) is 14.8. The van der Waals surface area contributed by atoms with Crippen molar-refractivity contribution >= 4 is 183 Å². The second-order valence-corrected chi connectivity index (χ2v) is 40.9. The van der Waals surface area contributed by atoms with Gasteiger partial charge in [-0.05, 0) is 301 Å². The number of aldehydes is 1. The first-order valence-electron chi connectivity index (χ1n) is 43.6. The number of primary amides is 2. The van der Waals surface area contributed by atoms with Crippen LogP contribution in [0, 0.1) is 64.3 Å². The van der Waals surface area contributed by atoms with Gasteiger partial charge < -0.3 is 73.1 Å². The molecule has 33 nitrogen and oxygen atoms in total. The number of aromatic carboxylic acids is 1. The monoisotopic (exact) mass is 2110 g/mol. The fourth-order valence-corrected chi connectivity index (χ4v) is 13.9. The summed E-state index contributed by atoms with van der Waals surface area (Å²) in [6.45, 7) is 23.6. The summed E-state index contributed by atoms with van der Waals surface area (Å²) in [6, 6.07) is 32.0. The van der Waals surface area contributed by atoms with Crippen molar-refractivity contribution in [2.45, 2.75) is 104 Å². The van der Waals surface area contributed by atoms with Crippen LogP contribution in [0.15, 0.2) is 207 Å². The van der Waals surface area contributed by atoms with Crippen LogP contribution in [-0.2, 0) is 42.9 Å². The minimum Gasteiger partial charge on any atom is -0.478 e. The first-order valence-corrected chi connectivity index (χ1v) is 48.4. The number of halogens is 13. The maximum Gasteiger partial charge on any atom is 0.410 e. The minimum atomic E-state index is -3.22. The van der Waals surface area contributed by atoms with E-state index in [1.165, 1.54) is 122 Å². The van der Waals surface area contributed by atoms with E-state index < -0.39 is 63.4 Å². The summed E-state index contributed by atoms with van der Waals surface area (Å²) in [5.74, 6) is -2.65. The smallest absolute Gasteiger partial charge is 0.410 e. The summed E-state index contributed by atoms with van der Waals surface area (Å²) in [6.07, 6.45) is 15.8. The minimum absolute atomic E-state index is 0. The van der Waals surface area contributed by atoms with Crippen molar-refractivity contribution in [3.8, 4) is 0 Å². The van der Waals surface area contributed by atoms with Gasteiger partial charge in [0.1, 0.15) is 75.2 Å². The number of likely N-dealkylation sites (tertiary alicyclic amines) is 3. The molecule has 4 atom stereocenters. The van der Waals surface area contributed by atoms with E-state index in [0.717, 1.165) is 104 Å². The molecule has 0 unspecified atom stereocenters. The maximum atomic E-state index is 14.3. The van der Waals surface area contributed by atoms with Crippen LogP contribution in [0.25, 0.3) is 54.5 Å². The predicted molar refractivity (Wildman–Crippen MR) is 538 cm³/mol. The number of aromatic nitrogens is 10. The summed E-state index contributed by atoms with van der Waals surface area (Å²) < 4.78 is 125. The molecule has 8 aromatic carbocycles. The van der Waals surface area contributed by atoms with Crippen molar-refractivity contribution in [2.24, 2.45) is 35.0 Å². The number of carboxylic acid groups (broad SMARTS) is 1. The number of H-pyrrole nitrogens is 1. The number of anilines is 3. The van der Waals surface area contributed by atoms with E-state index in [1.807, 2.05) is 41.5 Å². The average Bonchev–Trinajstić information content (AvgIpc) is 1.54. The van der Waals surface area contributed by atoms with Crippen molar-refractivity contribution in [1.82, 2.24) is 69.9 Å². The van der Waals surface area contributed by atoms with E-state index in [-0.39, 0.29) is 105 Å². The number of urea groups is 1. The van der Waals surface area contributed by atoms with E-state index >= 15 is 0 Å². The van der Waals surface area contributed by atoms with E-state index in [9.17, 15) is 78.0 Å². The predicted octanol–water partition coefficient (Wildman–Crippen LogP) is 18.8. The third kappa shape index (κ3) is 40.7. The largest absolute Gasteiger partial charge is 0.478 e. The van der Waals surface area contributed by atoms with E-state index in [0.29, 0.717) is 113 Å². The second kappa shape index (κ2) is 55.5. The lowest BCUT2D eigenvalue weighted by molar-refractivity contribution is -0.112. The van der Waals surface area contributed by atoms with Gasteiger partial charge in [-0.2, -0.15) is 0 Å². The Hall–Kier alpha value is -14.1. The molecule has 0 aliphatic carbocycles. The van der Waals surface area contributed by atoms with E-state index in [2.05, 4.69) is 124 Å². The first kappa shape index (κ1) is 117. The zero-order chi connectivity index (χ0) is 105. The molecule has 9 heterocycles. The van der Waals surface area contributed by atoms with Gasteiger partial charge in [-0.25, -0.2) is 104 Å². The molecule has 0 saturated carbocycles. The number of carbonyl (C=O) groups is 8. The summed E-state index contributed by atoms with van der Waals surface area (Å²) in [7, 11) is 0. The number of nitrogens with zero attached hydrogens (tertiary/aromatic N) is 12. The summed E-state index contributed by atoms with van der Waals surface area (Å²) in [5, 5.41) is 16.7. The highest BCUT2D eigenvalue weighted by Gasteiger charge is 2.33. The van der Waals surface area contributed by atoms with Crippen LogP contribution in [0.4, 0.5) is 66.6 Å². The van der Waals surface area contributed by atoms with Gasteiger partial charge >= 0.3 is 35.1 Å². The number of nitrogen functional groups attached to an aromatic ring is 1. The van der Waals surface area contributed by atoms with Gasteiger partial charge in [-0.3, -0.25) is 23.7 Å². The number of carboxylic acids is 1. The van der Waals surface area contributed by atoms with Gasteiger partial charge in [0, 0.05) is 139 Å². The number of hydrogen-bond acceptors (Lipinski definition) is 24. The molecule has 13 N–H and O–H groups in total. The number of ether oxygens (including phenoxy) is 2. The third-order valence-electron chi connectivity index (χ3n) is 20.3. The lowest BCUT2D eigenvalue weighted by atomic mass is 10.0. The van der Waals surface area contributed by atoms with Crippen molar-refractivity contribution in [2.75, 3.05) is 68.7 Å². The Morgan fingerprint density at radius 2 is 0.889 bits per heavy atom. The third-order valence-corrected chi connectivity index (χ3v) is 20.5. The Labute approximate surface area is 845 Å². The highest BCUT2D eigenvalue weighted by atomic mass is 36.0. The fraction of sp³-hybridized carbons (Fsp3) is 0.278. The molecule has 144 heavy (non-hydrogen) atoms. The van der Waals surface area contributed by atoms with Crippen LogP contribution >= 0.6 is 62.9 Å². The van der Waals surface area contributed by atoms with E-state index in [1.54, 1.807) is 57.6 Å². The molecule has 4 saturated heterocycles. The zero-order valence-electron chi connectivity index (χ0n) is 78.2. The van der Waals surface area contributed by atoms with Gasteiger partial charge in [0.05, 0.1) is 44.5 Å². The first-order chi connectivity index (χ1) is 67.4. The van der Waals surface area contributed by atoms with Gasteiger partial charge in [0.2, 0.25) is 17.1 Å². The van der Waals surface area contributed by atoms with Crippen LogP contribution in [0.5, 0.6) is 0 Å². The fourth-order valence-electron chi connectivity index (χ4n) is 13.7. The number of carbonyl (C=O) groups excluding carboxylic acids is 7. The van der Waals surface area contributed by atoms with Crippen molar-refractivity contribution in [1.29, 1.82) is 0 Å². The number of aromatic amines is 1. The number of hydrogen-bond donors (Lipinski definition) is 9. The SMILES string of the molecule is C=CC(=O)Nc1ccc(C(=O)N2CC[C@@H](Cc3ncc4cc(F)ccc4n3)C2)cc1F.C=CC(=O)Nc1ccc(C(=O)O)cc1F.CC(C)(C)OC(=O)N1CC[C@@H](Cc2ncc3cc(F)ccc3n2)C1.CC(C)(C)OC(=O)N1CC[C@@H](N)C1.Cl.Fc1ccc2nc(C[C@@H]3CCNC3)ncc2c1.Fc1ccc2nc(Cl)ncc2c1.NC(N)=O.Nc1ccc(F)cc1C=O.O=P(Cl)(Cl)Cl.O=c1ncc2cc(F)ccc2[nH]1. The number of nitrogens with one attached hydrogen (secondary N) is 4. The van der Waals surface area contributed by atoms with Crippen LogP contribution in [-0.4, -0.2) is 187 Å². The molecule has 7 amide bonds. The molecule has 4 fully saturated rings. The van der Waals surface area contributed by atoms with Gasteiger partial charge in [0.25, 0.3) is 5.91 Å². The number of fused-ring (bicyclic) bond motifs is 5. The Morgan fingerprint density at radius 1 is 0.514 bits per heavy atom. The van der Waals surface area contributed by atoms with E-state index in [4.69, 9.17) is 42.4 Å². The van der Waals surface area contributed by atoms with Crippen molar-refractivity contribution < 1.29 is 92.6 Å². The Morgan fingerprint density at radius 3 is 1.29 bits per heavy atom. The quantitative estimate of drug-likeness (QED) is 0.0129. The average molecular weight is 2120 g/mol. The highest BCUT2D eigenvalue weighted by molar-refractivity contribution is 8.24. The molecule has 4 aliphatic rings. The standard InChI is InChI=1S/C23H20F2N4O2.C18H22FN3O2.C13H14FN3.C10H8FNO3.C9H18N2O2.C8H4ClFN2.C8H5FN2O.C7H6FNO.CH4N2O.Cl3OP.ClH/c1-2-22(30)28-20-5-3-15(11-18(20)25)23(31)29-8-7-14(13-29)9-21-26-12-16-10-17(24)4-6-19(16)27-21;1-18(2,3)24-17(23)22-7-6-12(11-22)8-16-20-10-13-9-14(19)4-5-15(13)21-16;14-11-1-2-12-10(6-11)8-16-13(17-12)5-9-3-4-15-7-9;1-2-9(13)12-8-4-3-6(10(14)15)5-7(8)11;1-9(2,3)13-8(12)11-5-4-7(10)6-11;9-8-11-4-5-3-6(10)1-2-7(5)12-8;9-6-1-2-7-5(3-6)4-10-8(12)11-7;8-6-1-2-7(9)5(3-6)4-10;2-1(3)4;1-5(2,3)4;/h2-6,10-12,14H,1,7-9,13H2,(H,28,30);4-5,9-10,12H,6-8,11H2,1-3H3;1-2,6,8-9,15H,3-5,7H2;2-5H,1H2,(H,12,13)(H,14,15);7H,4-6,10H2,1-3H3;1-4H;1-4H,(H,10,11,12);1-4H,9H2;(H4,2,3,4);;1H/t14-;12-;9-;;7-;;;;;;/m000.1....../s1. The van der Waals surface area contributed by atoms with Crippen LogP contribution in [0.2, 0.25) is 5.28 Å². The number of benzene rings is 8. The molecule has 764 valence electrons. The second-order valence-electron chi connectivity index (χ2n) is 33.9. The molecule has 13 aromatic rings. The molecule has 17 rings (SSSR count). The summed E-state index contributed by atoms with van der Waals surface area (Å²) in [4.78, 5) is 144. The van der Waals surface area contributed by atoms with Crippen molar-refractivity contribution in [3.05, 3.63) is 298 Å². The molecule has 0 spiro atoms. The number of amides is 7. The summed E-state index contributed by atoms with van der Waals surface area (Å²) in [5.41, 5.74) is 22.1. The molecule has 5 aromatic heterocycles. The Balaban J connectivity index is 0.000000226. The molecule has 0 radical (unpaired) electrons. The van der Waals surface area contributed by atoms with Crippen molar-refractivity contribution in [3.63, 3.8) is 0 Å². The lowest BCUT2D eigenvalue weighted by Crippen LogP contribution is -2.36. The highest BCUT2D eigenvalue weighted by Crippen LogP contribution is 2.61. The molecule has 0 bridgehead atoms. The molecule has 4 aliphatic heterocycles. The number of nitrogens with two attached hydrogens (primary N) is 4. The summed E-state index contributed by atoms with van der Waals surface area (Å²) >= 11 is 19.4. The van der Waals surface area contributed by atoms with Crippen LogP contribution in [0.3, 0.4) is 0 Å². The van der Waals surface area contributed by atoms with Crippen LogP contribution in [0.1, 0.15) is 116 Å².